The highest BCUT2D eigenvalue weighted by atomic mass is 79.9. The van der Waals surface area contributed by atoms with E-state index in [1.54, 1.807) is 0 Å². The Bertz CT molecular complexity index is 712. The number of fused-ring (bicyclic) bond motifs is 1. The SMILES string of the molecule is Cc1c(Br)nc(Br)c2nc(C3CCC4(C3)OCCO4)nn12. The molecule has 112 valence electrons. The molecule has 0 amide bonds. The van der Waals surface area contributed by atoms with Crippen LogP contribution < -0.4 is 0 Å². The fourth-order valence-electron chi connectivity index (χ4n) is 3.13. The Hall–Kier alpha value is -0.570. The molecule has 1 spiro atoms. The Morgan fingerprint density at radius 3 is 2.71 bits per heavy atom. The summed E-state index contributed by atoms with van der Waals surface area (Å²) in [6.07, 6.45) is 2.73. The standard InChI is InChI=1S/C13H14Br2N4O2/c1-7-9(14)16-10(15)12-17-11(18-19(7)12)8-2-3-13(6-8)20-4-5-21-13/h8H,2-6H2,1H3. The smallest absolute Gasteiger partial charge is 0.188 e. The van der Waals surface area contributed by atoms with Crippen molar-refractivity contribution in [3.8, 4) is 0 Å². The van der Waals surface area contributed by atoms with Gasteiger partial charge in [-0.15, -0.1) is 0 Å². The largest absolute Gasteiger partial charge is 0.348 e. The van der Waals surface area contributed by atoms with Crippen LogP contribution in [0.15, 0.2) is 9.21 Å². The average molecular weight is 418 g/mol. The Morgan fingerprint density at radius 1 is 1.19 bits per heavy atom. The molecule has 2 aliphatic rings. The fraction of sp³-hybridized carbons (Fsp3) is 0.615. The van der Waals surface area contributed by atoms with Crippen LogP contribution in [0.3, 0.4) is 0 Å². The molecule has 21 heavy (non-hydrogen) atoms. The Balaban J connectivity index is 1.72. The first kappa shape index (κ1) is 14.0. The van der Waals surface area contributed by atoms with Gasteiger partial charge in [0.1, 0.15) is 4.60 Å². The van der Waals surface area contributed by atoms with E-state index in [0.717, 1.165) is 41.0 Å². The van der Waals surface area contributed by atoms with E-state index in [0.29, 0.717) is 17.8 Å². The van der Waals surface area contributed by atoms with Gasteiger partial charge in [0.2, 0.25) is 0 Å². The van der Waals surface area contributed by atoms with Crippen LogP contribution in [0.1, 0.15) is 36.7 Å². The minimum atomic E-state index is -0.396. The number of nitrogens with zero attached hydrogens (tertiary/aromatic N) is 4. The van der Waals surface area contributed by atoms with E-state index in [9.17, 15) is 0 Å². The summed E-state index contributed by atoms with van der Waals surface area (Å²) in [6, 6.07) is 0. The molecule has 1 saturated carbocycles. The third-order valence-corrected chi connectivity index (χ3v) is 5.51. The summed E-state index contributed by atoms with van der Waals surface area (Å²) in [6.45, 7) is 3.34. The molecule has 6 nitrogen and oxygen atoms in total. The number of ether oxygens (including phenoxy) is 2. The predicted molar refractivity (Wildman–Crippen MR) is 82.1 cm³/mol. The molecule has 2 fully saturated rings. The minimum Gasteiger partial charge on any atom is -0.348 e. The molecule has 0 radical (unpaired) electrons. The van der Waals surface area contributed by atoms with Crippen molar-refractivity contribution in [2.45, 2.75) is 37.9 Å². The van der Waals surface area contributed by atoms with E-state index in [4.69, 9.17) is 9.47 Å². The first-order valence-corrected chi connectivity index (χ1v) is 8.53. The first-order valence-electron chi connectivity index (χ1n) is 6.94. The molecule has 1 atom stereocenters. The minimum absolute atomic E-state index is 0.271. The van der Waals surface area contributed by atoms with Gasteiger partial charge >= 0.3 is 0 Å². The summed E-state index contributed by atoms with van der Waals surface area (Å²) >= 11 is 6.89. The summed E-state index contributed by atoms with van der Waals surface area (Å²) in [5, 5.41) is 4.66. The Kier molecular flexibility index (Phi) is 3.33. The lowest BCUT2D eigenvalue weighted by atomic mass is 10.1. The molecule has 1 unspecified atom stereocenters. The second-order valence-corrected chi connectivity index (χ2v) is 7.03. The van der Waals surface area contributed by atoms with Gasteiger partial charge in [0, 0.05) is 18.8 Å². The molecule has 2 aromatic heterocycles. The summed E-state index contributed by atoms with van der Waals surface area (Å²) in [7, 11) is 0. The molecule has 3 heterocycles. The van der Waals surface area contributed by atoms with Crippen molar-refractivity contribution in [2.24, 2.45) is 0 Å². The molecule has 0 bridgehead atoms. The topological polar surface area (TPSA) is 61.5 Å². The highest BCUT2D eigenvalue weighted by Gasteiger charge is 2.45. The van der Waals surface area contributed by atoms with Gasteiger partial charge in [0.25, 0.3) is 0 Å². The molecule has 4 rings (SSSR count). The average Bonchev–Trinajstić information content (AvgIpc) is 3.17. The van der Waals surface area contributed by atoms with Gasteiger partial charge in [-0.1, -0.05) is 0 Å². The second kappa shape index (κ2) is 4.97. The second-order valence-electron chi connectivity index (χ2n) is 5.53. The molecule has 1 saturated heterocycles. The van der Waals surface area contributed by atoms with Crippen molar-refractivity contribution in [1.82, 2.24) is 19.6 Å². The highest BCUT2D eigenvalue weighted by Crippen LogP contribution is 2.44. The van der Waals surface area contributed by atoms with Gasteiger partial charge < -0.3 is 9.47 Å². The Labute approximate surface area is 138 Å². The molecule has 1 aliphatic heterocycles. The zero-order valence-corrected chi connectivity index (χ0v) is 14.6. The van der Waals surface area contributed by atoms with Crippen LogP contribution in [0.4, 0.5) is 0 Å². The van der Waals surface area contributed by atoms with E-state index < -0.39 is 5.79 Å². The van der Waals surface area contributed by atoms with Crippen molar-refractivity contribution < 1.29 is 9.47 Å². The number of hydrogen-bond acceptors (Lipinski definition) is 5. The molecule has 0 N–H and O–H groups in total. The number of rotatable bonds is 1. The normalized spacial score (nSPS) is 24.4. The molecule has 0 aromatic carbocycles. The third-order valence-electron chi connectivity index (χ3n) is 4.23. The number of halogens is 2. The van der Waals surface area contributed by atoms with Crippen LogP contribution in [0.2, 0.25) is 0 Å². The highest BCUT2D eigenvalue weighted by molar-refractivity contribution is 9.11. The van der Waals surface area contributed by atoms with E-state index in [1.807, 2.05) is 11.4 Å². The predicted octanol–water partition coefficient (Wildman–Crippen LogP) is 2.97. The summed E-state index contributed by atoms with van der Waals surface area (Å²) < 4.78 is 14.9. The van der Waals surface area contributed by atoms with Crippen LogP contribution in [0, 0.1) is 6.92 Å². The lowest BCUT2D eigenvalue weighted by Gasteiger charge is -2.20. The monoisotopic (exact) mass is 416 g/mol. The maximum Gasteiger partial charge on any atom is 0.188 e. The molecular formula is C13H14Br2N4O2. The van der Waals surface area contributed by atoms with Crippen LogP contribution in [-0.4, -0.2) is 38.6 Å². The van der Waals surface area contributed by atoms with Crippen molar-refractivity contribution >= 4 is 37.5 Å². The molecule has 2 aromatic rings. The van der Waals surface area contributed by atoms with E-state index in [2.05, 4.69) is 46.9 Å². The van der Waals surface area contributed by atoms with Gasteiger partial charge in [-0.2, -0.15) is 5.10 Å². The maximum absolute atomic E-state index is 5.78. The first-order chi connectivity index (χ1) is 10.1. The fourth-order valence-corrected chi connectivity index (χ4v) is 4.14. The van der Waals surface area contributed by atoms with Crippen molar-refractivity contribution in [1.29, 1.82) is 0 Å². The lowest BCUT2D eigenvalue weighted by molar-refractivity contribution is -0.151. The summed E-state index contributed by atoms with van der Waals surface area (Å²) in [5.41, 5.74) is 1.69. The Morgan fingerprint density at radius 2 is 1.95 bits per heavy atom. The van der Waals surface area contributed by atoms with E-state index >= 15 is 0 Å². The van der Waals surface area contributed by atoms with Crippen LogP contribution >= 0.6 is 31.9 Å². The van der Waals surface area contributed by atoms with Gasteiger partial charge in [-0.25, -0.2) is 14.5 Å². The number of aryl methyl sites for hydroxylation is 1. The van der Waals surface area contributed by atoms with Crippen LogP contribution in [0.5, 0.6) is 0 Å². The molecule has 1 aliphatic carbocycles. The number of hydrogen-bond donors (Lipinski definition) is 0. The van der Waals surface area contributed by atoms with Gasteiger partial charge in [-0.05, 0) is 45.2 Å². The maximum atomic E-state index is 5.78. The van der Waals surface area contributed by atoms with Gasteiger partial charge in [-0.3, -0.25) is 0 Å². The van der Waals surface area contributed by atoms with Gasteiger partial charge in [0.05, 0.1) is 18.9 Å². The summed E-state index contributed by atoms with van der Waals surface area (Å²) in [4.78, 5) is 9.03. The zero-order valence-electron chi connectivity index (χ0n) is 11.5. The third kappa shape index (κ3) is 2.23. The van der Waals surface area contributed by atoms with E-state index in [1.165, 1.54) is 0 Å². The van der Waals surface area contributed by atoms with Gasteiger partial charge in [0.15, 0.2) is 21.9 Å². The molecular weight excluding hydrogens is 404 g/mol. The van der Waals surface area contributed by atoms with E-state index in [-0.39, 0.29) is 5.92 Å². The van der Waals surface area contributed by atoms with Crippen LogP contribution in [-0.2, 0) is 9.47 Å². The quantitative estimate of drug-likeness (QED) is 0.713. The van der Waals surface area contributed by atoms with Crippen molar-refractivity contribution in [3.63, 3.8) is 0 Å². The lowest BCUT2D eigenvalue weighted by Crippen LogP contribution is -2.25. The van der Waals surface area contributed by atoms with Crippen molar-refractivity contribution in [2.75, 3.05) is 13.2 Å². The molecule has 8 heteroatoms. The van der Waals surface area contributed by atoms with Crippen molar-refractivity contribution in [3.05, 3.63) is 20.7 Å². The zero-order chi connectivity index (χ0) is 14.6. The summed E-state index contributed by atoms with van der Waals surface area (Å²) in [5.74, 6) is 0.718. The number of aromatic nitrogens is 4. The van der Waals surface area contributed by atoms with Crippen LogP contribution in [0.25, 0.3) is 5.65 Å².